The van der Waals surface area contributed by atoms with E-state index in [2.05, 4.69) is 51.4 Å². The second-order valence-electron chi connectivity index (χ2n) is 6.43. The maximum absolute atomic E-state index is 3.82. The van der Waals surface area contributed by atoms with Crippen LogP contribution in [0, 0.1) is 11.8 Å². The molecule has 2 heterocycles. The Kier molecular flexibility index (Phi) is 4.86. The van der Waals surface area contributed by atoms with E-state index in [1.165, 1.54) is 41.7 Å². The van der Waals surface area contributed by atoms with Crippen molar-refractivity contribution in [3.63, 3.8) is 0 Å². The molecule has 3 unspecified atom stereocenters. The monoisotopic (exact) mass is 356 g/mol. The van der Waals surface area contributed by atoms with Gasteiger partial charge in [0.25, 0.3) is 0 Å². The van der Waals surface area contributed by atoms with Gasteiger partial charge in [-0.1, -0.05) is 20.3 Å². The summed E-state index contributed by atoms with van der Waals surface area (Å²) in [5, 5.41) is 6.01. The lowest BCUT2D eigenvalue weighted by Crippen LogP contribution is -2.58. The minimum atomic E-state index is 0.684. The van der Waals surface area contributed by atoms with Gasteiger partial charge in [0.1, 0.15) is 0 Å². The third kappa shape index (κ3) is 3.29. The summed E-state index contributed by atoms with van der Waals surface area (Å²) in [6.07, 6.45) is 4.13. The maximum atomic E-state index is 3.82. The molecule has 1 aromatic rings. The number of hydrogen-bond donors (Lipinski definition) is 1. The first-order valence-corrected chi connectivity index (χ1v) is 9.55. The molecule has 1 saturated heterocycles. The van der Waals surface area contributed by atoms with E-state index >= 15 is 0 Å². The van der Waals surface area contributed by atoms with Crippen molar-refractivity contribution < 1.29 is 0 Å². The van der Waals surface area contributed by atoms with Crippen LogP contribution in [0.25, 0.3) is 0 Å². The largest absolute Gasteiger partial charge is 0.311 e. The highest BCUT2D eigenvalue weighted by molar-refractivity contribution is 9.10. The summed E-state index contributed by atoms with van der Waals surface area (Å²) in [5.74, 6) is 1.71. The zero-order chi connectivity index (χ0) is 14.1. The molecule has 1 aliphatic carbocycles. The Labute approximate surface area is 135 Å². The summed E-state index contributed by atoms with van der Waals surface area (Å²) < 4.78 is 1.28. The standard InChI is InChI=1S/C16H25BrN2S/c1-3-11(2)15-8-18-14(12-4-5-12)9-19(15)10-16-13(17)6-7-20-16/h6-7,11-12,14-15,18H,3-5,8-10H2,1-2H3. The molecule has 4 heteroatoms. The first-order chi connectivity index (χ1) is 9.69. The van der Waals surface area contributed by atoms with Gasteiger partial charge in [-0.25, -0.2) is 0 Å². The van der Waals surface area contributed by atoms with Gasteiger partial charge >= 0.3 is 0 Å². The van der Waals surface area contributed by atoms with Crippen molar-refractivity contribution in [3.05, 3.63) is 20.8 Å². The Morgan fingerprint density at radius 3 is 2.90 bits per heavy atom. The summed E-state index contributed by atoms with van der Waals surface area (Å²) in [5.41, 5.74) is 0. The lowest BCUT2D eigenvalue weighted by Gasteiger charge is -2.43. The van der Waals surface area contributed by atoms with Gasteiger partial charge in [0.15, 0.2) is 0 Å². The number of halogens is 1. The highest BCUT2D eigenvalue weighted by atomic mass is 79.9. The zero-order valence-electron chi connectivity index (χ0n) is 12.4. The third-order valence-electron chi connectivity index (χ3n) is 5.02. The highest BCUT2D eigenvalue weighted by Gasteiger charge is 2.38. The van der Waals surface area contributed by atoms with Crippen LogP contribution in [0.4, 0.5) is 0 Å². The number of thiophene rings is 1. The quantitative estimate of drug-likeness (QED) is 0.853. The Morgan fingerprint density at radius 1 is 1.50 bits per heavy atom. The molecule has 0 aromatic carbocycles. The fraction of sp³-hybridized carbons (Fsp3) is 0.750. The van der Waals surface area contributed by atoms with Crippen LogP contribution in [0.5, 0.6) is 0 Å². The smallest absolute Gasteiger partial charge is 0.0343 e. The Bertz CT molecular complexity index is 443. The Hall–Kier alpha value is 0.100. The van der Waals surface area contributed by atoms with Crippen LogP contribution in [0.2, 0.25) is 0 Å². The molecule has 1 aliphatic heterocycles. The average Bonchev–Trinajstić information content (AvgIpc) is 3.23. The maximum Gasteiger partial charge on any atom is 0.0343 e. The molecule has 20 heavy (non-hydrogen) atoms. The number of nitrogens with one attached hydrogen (secondary N) is 1. The minimum Gasteiger partial charge on any atom is -0.311 e. The molecule has 1 saturated carbocycles. The van der Waals surface area contributed by atoms with Crippen molar-refractivity contribution in [2.75, 3.05) is 13.1 Å². The lowest BCUT2D eigenvalue weighted by atomic mass is 9.93. The van der Waals surface area contributed by atoms with E-state index in [1.807, 2.05) is 11.3 Å². The van der Waals surface area contributed by atoms with Crippen LogP contribution in [-0.2, 0) is 6.54 Å². The summed E-state index contributed by atoms with van der Waals surface area (Å²) in [4.78, 5) is 4.22. The zero-order valence-corrected chi connectivity index (χ0v) is 14.8. The first-order valence-electron chi connectivity index (χ1n) is 7.88. The van der Waals surface area contributed by atoms with Gasteiger partial charge in [-0.05, 0) is 52.1 Å². The van der Waals surface area contributed by atoms with Gasteiger partial charge in [-0.2, -0.15) is 0 Å². The minimum absolute atomic E-state index is 0.684. The molecule has 0 bridgehead atoms. The van der Waals surface area contributed by atoms with Crippen molar-refractivity contribution in [2.24, 2.45) is 11.8 Å². The molecule has 2 aliphatic rings. The van der Waals surface area contributed by atoms with E-state index in [1.54, 1.807) is 0 Å². The van der Waals surface area contributed by atoms with E-state index < -0.39 is 0 Å². The van der Waals surface area contributed by atoms with Gasteiger partial charge < -0.3 is 5.32 Å². The number of piperazine rings is 1. The topological polar surface area (TPSA) is 15.3 Å². The lowest BCUT2D eigenvalue weighted by molar-refractivity contribution is 0.0795. The first kappa shape index (κ1) is 15.0. The number of nitrogens with zero attached hydrogens (tertiary/aromatic N) is 1. The van der Waals surface area contributed by atoms with E-state index in [0.29, 0.717) is 6.04 Å². The van der Waals surface area contributed by atoms with Gasteiger partial charge in [0.05, 0.1) is 0 Å². The molecule has 2 nitrogen and oxygen atoms in total. The molecule has 112 valence electrons. The summed E-state index contributed by atoms with van der Waals surface area (Å²) in [6.45, 7) is 8.22. The molecular weight excluding hydrogens is 332 g/mol. The Balaban J connectivity index is 1.71. The summed E-state index contributed by atoms with van der Waals surface area (Å²) in [7, 11) is 0. The summed E-state index contributed by atoms with van der Waals surface area (Å²) in [6, 6.07) is 3.59. The molecule has 0 spiro atoms. The Morgan fingerprint density at radius 2 is 2.30 bits per heavy atom. The number of hydrogen-bond acceptors (Lipinski definition) is 3. The second kappa shape index (κ2) is 6.47. The van der Waals surface area contributed by atoms with Gasteiger partial charge in [0.2, 0.25) is 0 Å². The van der Waals surface area contributed by atoms with Gasteiger partial charge in [0, 0.05) is 41.1 Å². The third-order valence-corrected chi connectivity index (χ3v) is 6.93. The fourth-order valence-corrected chi connectivity index (χ4v) is 4.81. The molecule has 3 rings (SSSR count). The van der Waals surface area contributed by atoms with E-state index in [-0.39, 0.29) is 0 Å². The van der Waals surface area contributed by atoms with Gasteiger partial charge in [-0.3, -0.25) is 4.90 Å². The molecule has 1 N–H and O–H groups in total. The van der Waals surface area contributed by atoms with E-state index in [9.17, 15) is 0 Å². The fourth-order valence-electron chi connectivity index (χ4n) is 3.31. The van der Waals surface area contributed by atoms with Crippen LogP contribution < -0.4 is 5.32 Å². The van der Waals surface area contributed by atoms with Crippen molar-refractivity contribution in [1.82, 2.24) is 10.2 Å². The van der Waals surface area contributed by atoms with Gasteiger partial charge in [-0.15, -0.1) is 11.3 Å². The summed E-state index contributed by atoms with van der Waals surface area (Å²) >= 11 is 5.57. The SMILES string of the molecule is CCC(C)C1CNC(C2CC2)CN1Cc1sccc1Br. The number of rotatable bonds is 5. The van der Waals surface area contributed by atoms with Crippen molar-refractivity contribution in [2.45, 2.75) is 51.7 Å². The molecule has 0 radical (unpaired) electrons. The predicted octanol–water partition coefficient (Wildman–Crippen LogP) is 4.11. The van der Waals surface area contributed by atoms with Crippen LogP contribution in [-0.4, -0.2) is 30.1 Å². The molecule has 3 atom stereocenters. The van der Waals surface area contributed by atoms with E-state index in [0.717, 1.165) is 24.4 Å². The molecular formula is C16H25BrN2S. The molecule has 2 fully saturated rings. The van der Waals surface area contributed by atoms with Crippen LogP contribution in [0.1, 0.15) is 38.0 Å². The molecule has 0 amide bonds. The van der Waals surface area contributed by atoms with Crippen LogP contribution >= 0.6 is 27.3 Å². The molecule has 1 aromatic heterocycles. The second-order valence-corrected chi connectivity index (χ2v) is 8.28. The van der Waals surface area contributed by atoms with Crippen molar-refractivity contribution in [1.29, 1.82) is 0 Å². The average molecular weight is 357 g/mol. The van der Waals surface area contributed by atoms with Crippen LogP contribution in [0.15, 0.2) is 15.9 Å². The predicted molar refractivity (Wildman–Crippen MR) is 90.2 cm³/mol. The van der Waals surface area contributed by atoms with E-state index in [4.69, 9.17) is 0 Å². The van der Waals surface area contributed by atoms with Crippen molar-refractivity contribution in [3.8, 4) is 0 Å². The van der Waals surface area contributed by atoms with Crippen LogP contribution in [0.3, 0.4) is 0 Å². The normalized spacial score (nSPS) is 29.6. The highest BCUT2D eigenvalue weighted by Crippen LogP contribution is 2.36. The van der Waals surface area contributed by atoms with Crippen molar-refractivity contribution >= 4 is 27.3 Å².